The monoisotopic (exact) mass is 163 g/mol. The highest BCUT2D eigenvalue weighted by atomic mass is 15.6. The molecule has 1 aromatic rings. The highest BCUT2D eigenvalue weighted by Crippen LogP contribution is 2.13. The molecule has 0 saturated carbocycles. The zero-order valence-electron chi connectivity index (χ0n) is 7.17. The molecule has 1 aliphatic heterocycles. The maximum Gasteiger partial charge on any atom is 0.0849 e. The van der Waals surface area contributed by atoms with Gasteiger partial charge < -0.3 is 0 Å². The first-order valence-corrected chi connectivity index (χ1v) is 4.15. The van der Waals surface area contributed by atoms with Gasteiger partial charge in [-0.25, -0.2) is 5.43 Å². The topological polar surface area (TPSA) is 27.3 Å². The fourth-order valence-electron chi connectivity index (χ4n) is 1.35. The van der Waals surface area contributed by atoms with Gasteiger partial charge >= 0.3 is 0 Å². The Kier molecular flexibility index (Phi) is 1.98. The number of aryl methyl sites for hydroxylation is 1. The first-order chi connectivity index (χ1) is 5.86. The van der Waals surface area contributed by atoms with Gasteiger partial charge in [0.15, 0.2) is 0 Å². The molecular formula is C9H13N3. The molecule has 1 fully saturated rings. The van der Waals surface area contributed by atoms with Crippen LogP contribution in [-0.2, 0) is 0 Å². The van der Waals surface area contributed by atoms with Crippen molar-refractivity contribution < 1.29 is 0 Å². The van der Waals surface area contributed by atoms with Gasteiger partial charge in [-0.15, -0.1) is 0 Å². The fraction of sp³-hybridized carbons (Fsp3) is 0.333. The lowest BCUT2D eigenvalue weighted by Crippen LogP contribution is -2.30. The van der Waals surface area contributed by atoms with Crippen LogP contribution in [0.15, 0.2) is 24.3 Å². The van der Waals surface area contributed by atoms with Crippen molar-refractivity contribution >= 4 is 5.69 Å². The predicted octanol–water partition coefficient (Wildman–Crippen LogP) is 0.824. The molecule has 0 atom stereocenters. The maximum atomic E-state index is 3.22. The third-order valence-corrected chi connectivity index (χ3v) is 1.98. The molecule has 2 rings (SSSR count). The number of hydrogen-bond donors (Lipinski definition) is 2. The highest BCUT2D eigenvalue weighted by Gasteiger charge is 2.09. The third-order valence-electron chi connectivity index (χ3n) is 1.98. The van der Waals surface area contributed by atoms with Crippen LogP contribution in [0.25, 0.3) is 0 Å². The van der Waals surface area contributed by atoms with E-state index in [-0.39, 0.29) is 0 Å². The van der Waals surface area contributed by atoms with Crippen molar-refractivity contribution in [2.45, 2.75) is 6.92 Å². The maximum absolute atomic E-state index is 3.22. The molecule has 2 N–H and O–H groups in total. The molecule has 12 heavy (non-hydrogen) atoms. The molecule has 0 amide bonds. The molecule has 3 nitrogen and oxygen atoms in total. The molecule has 1 saturated heterocycles. The molecule has 0 aliphatic carbocycles. The first kappa shape index (κ1) is 7.58. The summed E-state index contributed by atoms with van der Waals surface area (Å²) in [7, 11) is 0. The van der Waals surface area contributed by atoms with Gasteiger partial charge in [0, 0.05) is 0 Å². The van der Waals surface area contributed by atoms with Crippen LogP contribution in [0.5, 0.6) is 0 Å². The number of hydrogen-bond acceptors (Lipinski definition) is 3. The van der Waals surface area contributed by atoms with E-state index in [4.69, 9.17) is 0 Å². The molecule has 64 valence electrons. The summed E-state index contributed by atoms with van der Waals surface area (Å²) in [5.74, 6) is 0. The van der Waals surface area contributed by atoms with Crippen LogP contribution in [0.4, 0.5) is 5.69 Å². The Labute approximate surface area is 72.4 Å². The van der Waals surface area contributed by atoms with Crippen LogP contribution >= 0.6 is 0 Å². The van der Waals surface area contributed by atoms with E-state index in [1.807, 2.05) is 0 Å². The minimum atomic E-state index is 0.855. The Hall–Kier alpha value is -1.06. The SMILES string of the molecule is Cc1cccc(N2CNCN2)c1. The molecular weight excluding hydrogens is 150 g/mol. The van der Waals surface area contributed by atoms with E-state index in [1.54, 1.807) is 0 Å². The number of anilines is 1. The van der Waals surface area contributed by atoms with E-state index in [1.165, 1.54) is 11.3 Å². The van der Waals surface area contributed by atoms with Crippen molar-refractivity contribution in [1.29, 1.82) is 0 Å². The number of nitrogens with zero attached hydrogens (tertiary/aromatic N) is 1. The van der Waals surface area contributed by atoms with Gasteiger partial charge in [0.2, 0.25) is 0 Å². The summed E-state index contributed by atoms with van der Waals surface area (Å²) in [6, 6.07) is 8.45. The van der Waals surface area contributed by atoms with E-state index < -0.39 is 0 Å². The Morgan fingerprint density at radius 1 is 1.42 bits per heavy atom. The summed E-state index contributed by atoms with van der Waals surface area (Å²) in [6.45, 7) is 3.84. The molecule has 0 bridgehead atoms. The summed E-state index contributed by atoms with van der Waals surface area (Å²) in [5, 5.41) is 5.31. The number of nitrogens with one attached hydrogen (secondary N) is 2. The third kappa shape index (κ3) is 1.42. The lowest BCUT2D eigenvalue weighted by Gasteiger charge is -2.16. The van der Waals surface area contributed by atoms with E-state index in [9.17, 15) is 0 Å². The Morgan fingerprint density at radius 3 is 3.00 bits per heavy atom. The Morgan fingerprint density at radius 2 is 2.33 bits per heavy atom. The molecule has 0 unspecified atom stereocenters. The van der Waals surface area contributed by atoms with Gasteiger partial charge in [-0.1, -0.05) is 12.1 Å². The largest absolute Gasteiger partial charge is 0.293 e. The van der Waals surface area contributed by atoms with Crippen molar-refractivity contribution in [2.24, 2.45) is 0 Å². The van der Waals surface area contributed by atoms with Gasteiger partial charge in [-0.05, 0) is 24.6 Å². The summed E-state index contributed by atoms with van der Waals surface area (Å²) in [4.78, 5) is 0. The number of hydrazine groups is 1. The minimum Gasteiger partial charge on any atom is -0.293 e. The van der Waals surface area contributed by atoms with Gasteiger partial charge in [-0.3, -0.25) is 10.3 Å². The van der Waals surface area contributed by atoms with E-state index in [2.05, 4.69) is 46.9 Å². The normalized spacial score (nSPS) is 16.9. The molecule has 3 heteroatoms. The van der Waals surface area contributed by atoms with Crippen LogP contribution in [0.1, 0.15) is 5.56 Å². The zero-order valence-corrected chi connectivity index (χ0v) is 7.17. The van der Waals surface area contributed by atoms with E-state index in [0.29, 0.717) is 0 Å². The van der Waals surface area contributed by atoms with Gasteiger partial charge in [0.25, 0.3) is 0 Å². The molecule has 1 aromatic carbocycles. The first-order valence-electron chi connectivity index (χ1n) is 4.15. The van der Waals surface area contributed by atoms with Crippen molar-refractivity contribution in [3.8, 4) is 0 Å². The Bertz CT molecular complexity index is 266. The van der Waals surface area contributed by atoms with Crippen LogP contribution in [0.3, 0.4) is 0 Å². The van der Waals surface area contributed by atoms with Crippen LogP contribution in [-0.4, -0.2) is 13.3 Å². The van der Waals surface area contributed by atoms with Crippen molar-refractivity contribution in [1.82, 2.24) is 10.7 Å². The van der Waals surface area contributed by atoms with E-state index >= 15 is 0 Å². The summed E-state index contributed by atoms with van der Waals surface area (Å²) < 4.78 is 0. The molecule has 1 heterocycles. The predicted molar refractivity (Wildman–Crippen MR) is 49.7 cm³/mol. The highest BCUT2D eigenvalue weighted by molar-refractivity contribution is 5.47. The second-order valence-corrected chi connectivity index (χ2v) is 3.01. The molecule has 1 aliphatic rings. The second-order valence-electron chi connectivity index (χ2n) is 3.01. The van der Waals surface area contributed by atoms with Crippen molar-refractivity contribution in [2.75, 3.05) is 18.3 Å². The fourth-order valence-corrected chi connectivity index (χ4v) is 1.35. The average Bonchev–Trinajstić information content (AvgIpc) is 2.56. The van der Waals surface area contributed by atoms with Crippen molar-refractivity contribution in [3.05, 3.63) is 29.8 Å². The van der Waals surface area contributed by atoms with Gasteiger partial charge in [-0.2, -0.15) is 0 Å². The number of benzene rings is 1. The van der Waals surface area contributed by atoms with Gasteiger partial charge in [0.05, 0.1) is 19.0 Å². The van der Waals surface area contributed by atoms with Crippen molar-refractivity contribution in [3.63, 3.8) is 0 Å². The lowest BCUT2D eigenvalue weighted by atomic mass is 10.2. The average molecular weight is 163 g/mol. The second kappa shape index (κ2) is 3.13. The summed E-state index contributed by atoms with van der Waals surface area (Å²) in [6.07, 6.45) is 0. The van der Waals surface area contributed by atoms with Crippen LogP contribution in [0.2, 0.25) is 0 Å². The lowest BCUT2D eigenvalue weighted by molar-refractivity contribution is 0.778. The standard InChI is InChI=1S/C9H13N3/c1-8-3-2-4-9(5-8)12-7-10-6-11-12/h2-5,10-11H,6-7H2,1H3. The van der Waals surface area contributed by atoms with Crippen LogP contribution < -0.4 is 15.8 Å². The Balaban J connectivity index is 2.21. The van der Waals surface area contributed by atoms with Crippen LogP contribution in [0, 0.1) is 6.92 Å². The summed E-state index contributed by atoms with van der Waals surface area (Å²) >= 11 is 0. The quantitative estimate of drug-likeness (QED) is 0.642. The molecule has 0 radical (unpaired) electrons. The minimum absolute atomic E-state index is 0.855. The summed E-state index contributed by atoms with van der Waals surface area (Å²) in [5.41, 5.74) is 5.74. The molecule has 0 spiro atoms. The smallest absolute Gasteiger partial charge is 0.0849 e. The molecule has 0 aromatic heterocycles. The van der Waals surface area contributed by atoms with Gasteiger partial charge in [0.1, 0.15) is 0 Å². The number of rotatable bonds is 1. The zero-order chi connectivity index (χ0) is 8.39. The van der Waals surface area contributed by atoms with E-state index in [0.717, 1.165) is 13.3 Å².